The van der Waals surface area contributed by atoms with Gasteiger partial charge in [-0.25, -0.2) is 4.90 Å². The fourth-order valence-corrected chi connectivity index (χ4v) is 2.80. The van der Waals surface area contributed by atoms with E-state index in [1.165, 1.54) is 12.1 Å². The van der Waals surface area contributed by atoms with Crippen molar-refractivity contribution in [3.05, 3.63) is 63.1 Å². The third kappa shape index (κ3) is 1.74. The number of benzene rings is 2. The molecule has 0 N–H and O–H groups in total. The Labute approximate surface area is 125 Å². The van der Waals surface area contributed by atoms with E-state index in [4.69, 9.17) is 23.2 Å². The zero-order chi connectivity index (χ0) is 14.4. The Balaban J connectivity index is 2.23. The molecule has 0 saturated heterocycles. The number of carbonyl (C=O) groups excluding carboxylic acids is 2. The van der Waals surface area contributed by atoms with Gasteiger partial charge in [0.15, 0.2) is 0 Å². The fourth-order valence-electron chi connectivity index (χ4n) is 2.32. The fraction of sp³-hybridized carbons (Fsp3) is 0.0667. The predicted molar refractivity (Wildman–Crippen MR) is 78.8 cm³/mol. The molecule has 0 radical (unpaired) electrons. The zero-order valence-corrected chi connectivity index (χ0v) is 12.0. The van der Waals surface area contributed by atoms with E-state index in [0.717, 1.165) is 10.5 Å². The van der Waals surface area contributed by atoms with Crippen LogP contribution in [0.15, 0.2) is 36.4 Å². The molecule has 1 aliphatic heterocycles. The van der Waals surface area contributed by atoms with Gasteiger partial charge in [0, 0.05) is 0 Å². The summed E-state index contributed by atoms with van der Waals surface area (Å²) in [5.41, 5.74) is 1.72. The van der Waals surface area contributed by atoms with Crippen LogP contribution in [0.3, 0.4) is 0 Å². The predicted octanol–water partition coefficient (Wildman–Crippen LogP) is 4.10. The number of para-hydroxylation sites is 1. The summed E-state index contributed by atoms with van der Waals surface area (Å²) >= 11 is 12.1. The number of amides is 2. The lowest BCUT2D eigenvalue weighted by Gasteiger charge is -2.16. The third-order valence-corrected chi connectivity index (χ3v) is 3.92. The van der Waals surface area contributed by atoms with Crippen LogP contribution >= 0.6 is 23.2 Å². The van der Waals surface area contributed by atoms with Crippen LogP contribution in [0.25, 0.3) is 0 Å². The lowest BCUT2D eigenvalue weighted by atomic mass is 10.1. The molecule has 0 aromatic heterocycles. The SMILES string of the molecule is Cc1ccccc1N1C(=O)c2c(Cl)ccc(Cl)c2C1=O. The van der Waals surface area contributed by atoms with Gasteiger partial charge in [0.1, 0.15) is 0 Å². The summed E-state index contributed by atoms with van der Waals surface area (Å²) in [7, 11) is 0. The van der Waals surface area contributed by atoms with Gasteiger partial charge in [0.2, 0.25) is 0 Å². The van der Waals surface area contributed by atoms with Gasteiger partial charge in [-0.3, -0.25) is 9.59 Å². The van der Waals surface area contributed by atoms with Crippen molar-refractivity contribution in [1.29, 1.82) is 0 Å². The molecular formula is C15H9Cl2NO2. The number of fused-ring (bicyclic) bond motifs is 1. The van der Waals surface area contributed by atoms with E-state index in [0.29, 0.717) is 5.69 Å². The largest absolute Gasteiger partial charge is 0.268 e. The van der Waals surface area contributed by atoms with Crippen molar-refractivity contribution < 1.29 is 9.59 Å². The van der Waals surface area contributed by atoms with Crippen LogP contribution in [-0.2, 0) is 0 Å². The number of imide groups is 1. The number of rotatable bonds is 1. The van der Waals surface area contributed by atoms with Crippen molar-refractivity contribution in [3.8, 4) is 0 Å². The highest BCUT2D eigenvalue weighted by Crippen LogP contribution is 2.37. The first-order valence-electron chi connectivity index (χ1n) is 5.95. The van der Waals surface area contributed by atoms with Crippen LogP contribution in [0.1, 0.15) is 26.3 Å². The minimum absolute atomic E-state index is 0.174. The molecule has 5 heteroatoms. The normalized spacial score (nSPS) is 13.8. The Morgan fingerprint density at radius 2 is 1.35 bits per heavy atom. The van der Waals surface area contributed by atoms with Gasteiger partial charge in [-0.2, -0.15) is 0 Å². The quantitative estimate of drug-likeness (QED) is 0.744. The van der Waals surface area contributed by atoms with E-state index in [2.05, 4.69) is 0 Å². The lowest BCUT2D eigenvalue weighted by Crippen LogP contribution is -2.30. The Bertz CT molecular complexity index is 715. The van der Waals surface area contributed by atoms with Crippen LogP contribution in [0.4, 0.5) is 5.69 Å². The summed E-state index contributed by atoms with van der Waals surface area (Å²) in [6.45, 7) is 1.84. The number of hydrogen-bond acceptors (Lipinski definition) is 2. The topological polar surface area (TPSA) is 37.4 Å². The van der Waals surface area contributed by atoms with Gasteiger partial charge >= 0.3 is 0 Å². The zero-order valence-electron chi connectivity index (χ0n) is 10.5. The van der Waals surface area contributed by atoms with Gasteiger partial charge in [0.05, 0.1) is 26.9 Å². The molecular weight excluding hydrogens is 297 g/mol. The molecule has 20 heavy (non-hydrogen) atoms. The summed E-state index contributed by atoms with van der Waals surface area (Å²) in [4.78, 5) is 26.1. The van der Waals surface area contributed by atoms with Crippen molar-refractivity contribution >= 4 is 40.7 Å². The van der Waals surface area contributed by atoms with E-state index in [1.54, 1.807) is 12.1 Å². The van der Waals surface area contributed by atoms with E-state index in [9.17, 15) is 9.59 Å². The molecule has 1 heterocycles. The van der Waals surface area contributed by atoms with Crippen molar-refractivity contribution in [2.45, 2.75) is 6.92 Å². The number of carbonyl (C=O) groups is 2. The van der Waals surface area contributed by atoms with Crippen LogP contribution in [-0.4, -0.2) is 11.8 Å². The van der Waals surface area contributed by atoms with Gasteiger partial charge in [-0.05, 0) is 30.7 Å². The summed E-state index contributed by atoms with van der Waals surface area (Å²) in [6.07, 6.45) is 0. The highest BCUT2D eigenvalue weighted by molar-refractivity contribution is 6.46. The molecule has 0 fully saturated rings. The Hall–Kier alpha value is -1.84. The summed E-state index contributed by atoms with van der Waals surface area (Å²) in [6, 6.07) is 10.2. The smallest absolute Gasteiger partial charge is 0.267 e. The van der Waals surface area contributed by atoms with Crippen molar-refractivity contribution in [2.24, 2.45) is 0 Å². The van der Waals surface area contributed by atoms with Crippen molar-refractivity contribution in [1.82, 2.24) is 0 Å². The first-order chi connectivity index (χ1) is 9.52. The third-order valence-electron chi connectivity index (χ3n) is 3.29. The maximum atomic E-state index is 12.5. The van der Waals surface area contributed by atoms with E-state index >= 15 is 0 Å². The molecule has 0 bridgehead atoms. The molecule has 3 rings (SSSR count). The maximum absolute atomic E-state index is 12.5. The lowest BCUT2D eigenvalue weighted by molar-refractivity contribution is 0.0926. The van der Waals surface area contributed by atoms with Crippen LogP contribution < -0.4 is 4.90 Å². The molecule has 0 saturated carbocycles. The molecule has 100 valence electrons. The number of nitrogens with zero attached hydrogens (tertiary/aromatic N) is 1. The molecule has 0 atom stereocenters. The van der Waals surface area contributed by atoms with Gasteiger partial charge in [0.25, 0.3) is 11.8 Å². The van der Waals surface area contributed by atoms with E-state index < -0.39 is 11.8 Å². The average Bonchev–Trinajstić information content (AvgIpc) is 2.68. The van der Waals surface area contributed by atoms with E-state index in [1.807, 2.05) is 19.1 Å². The van der Waals surface area contributed by atoms with Crippen LogP contribution in [0.5, 0.6) is 0 Å². The Morgan fingerprint density at radius 1 is 0.850 bits per heavy atom. The molecule has 1 aliphatic rings. The molecule has 2 aromatic carbocycles. The molecule has 0 spiro atoms. The second kappa shape index (κ2) is 4.62. The molecule has 0 aliphatic carbocycles. The first kappa shape index (κ1) is 13.2. The molecule has 2 aromatic rings. The molecule has 0 unspecified atom stereocenters. The van der Waals surface area contributed by atoms with Crippen molar-refractivity contribution in [2.75, 3.05) is 4.90 Å². The Morgan fingerprint density at radius 3 is 1.85 bits per heavy atom. The Kier molecular flexibility index (Phi) is 3.04. The molecule has 2 amide bonds. The van der Waals surface area contributed by atoms with Crippen molar-refractivity contribution in [3.63, 3.8) is 0 Å². The van der Waals surface area contributed by atoms with E-state index in [-0.39, 0.29) is 21.2 Å². The second-order valence-electron chi connectivity index (χ2n) is 4.51. The first-order valence-corrected chi connectivity index (χ1v) is 6.70. The van der Waals surface area contributed by atoms with Crippen LogP contribution in [0, 0.1) is 6.92 Å². The number of halogens is 2. The van der Waals surface area contributed by atoms with Crippen LogP contribution in [0.2, 0.25) is 10.0 Å². The maximum Gasteiger partial charge on any atom is 0.267 e. The average molecular weight is 306 g/mol. The number of anilines is 1. The molecule has 3 nitrogen and oxygen atoms in total. The minimum Gasteiger partial charge on any atom is -0.268 e. The minimum atomic E-state index is -0.438. The monoisotopic (exact) mass is 305 g/mol. The highest BCUT2D eigenvalue weighted by Gasteiger charge is 2.40. The number of aryl methyl sites for hydroxylation is 1. The summed E-state index contributed by atoms with van der Waals surface area (Å²) < 4.78 is 0. The summed E-state index contributed by atoms with van der Waals surface area (Å²) in [5.74, 6) is -0.876. The van der Waals surface area contributed by atoms with Gasteiger partial charge < -0.3 is 0 Å². The number of hydrogen-bond donors (Lipinski definition) is 0. The highest BCUT2D eigenvalue weighted by atomic mass is 35.5. The van der Waals surface area contributed by atoms with Gasteiger partial charge in [-0.1, -0.05) is 41.4 Å². The second-order valence-corrected chi connectivity index (χ2v) is 5.33. The summed E-state index contributed by atoms with van der Waals surface area (Å²) in [5, 5.41) is 0.470. The standard InChI is InChI=1S/C15H9Cl2NO2/c1-8-4-2-3-5-11(8)18-14(19)12-9(16)6-7-10(17)13(12)15(18)20/h2-7H,1H3. The van der Waals surface area contributed by atoms with Gasteiger partial charge in [-0.15, -0.1) is 0 Å².